The van der Waals surface area contributed by atoms with E-state index >= 15 is 0 Å². The number of esters is 1. The van der Waals surface area contributed by atoms with E-state index in [1.165, 1.54) is 12.3 Å². The van der Waals surface area contributed by atoms with Crippen LogP contribution in [0.3, 0.4) is 0 Å². The number of pyridine rings is 1. The Morgan fingerprint density at radius 2 is 1.95 bits per heavy atom. The Morgan fingerprint density at radius 3 is 2.55 bits per heavy atom. The molecule has 2 aromatic rings. The summed E-state index contributed by atoms with van der Waals surface area (Å²) >= 11 is 0. The van der Waals surface area contributed by atoms with Crippen LogP contribution in [-0.4, -0.2) is 11.0 Å². The molecule has 0 bridgehead atoms. The van der Waals surface area contributed by atoms with Gasteiger partial charge < -0.3 is 4.74 Å². The molecule has 0 aliphatic rings. The maximum Gasteiger partial charge on any atom is 0.336 e. The zero-order chi connectivity index (χ0) is 15.8. The van der Waals surface area contributed by atoms with Crippen molar-refractivity contribution in [3.63, 3.8) is 0 Å². The van der Waals surface area contributed by atoms with E-state index in [-0.39, 0.29) is 0 Å². The minimum Gasteiger partial charge on any atom is -0.423 e. The summed E-state index contributed by atoms with van der Waals surface area (Å²) in [5, 5.41) is 8.75. The van der Waals surface area contributed by atoms with Crippen molar-refractivity contribution >= 4 is 5.97 Å². The maximum atomic E-state index is 11.5. The normalized spacial score (nSPS) is 10.7. The van der Waals surface area contributed by atoms with Crippen molar-refractivity contribution in [2.75, 3.05) is 0 Å². The second-order valence-corrected chi connectivity index (χ2v) is 4.37. The average Bonchev–Trinajstić information content (AvgIpc) is 2.56. The van der Waals surface area contributed by atoms with Crippen molar-refractivity contribution in [2.24, 2.45) is 0 Å². The lowest BCUT2D eigenvalue weighted by molar-refractivity contribution is -0.128. The van der Waals surface area contributed by atoms with E-state index in [0.29, 0.717) is 11.3 Å². The molecule has 0 aliphatic carbocycles. The number of aromatic nitrogens is 1. The van der Waals surface area contributed by atoms with Gasteiger partial charge in [0.1, 0.15) is 11.8 Å². The molecule has 0 saturated heterocycles. The molecular formula is C18H14N2O2. The van der Waals surface area contributed by atoms with Crippen LogP contribution in [0.25, 0.3) is 11.3 Å². The number of hydrogen-bond acceptors (Lipinski definition) is 4. The summed E-state index contributed by atoms with van der Waals surface area (Å²) in [6, 6.07) is 12.5. The van der Waals surface area contributed by atoms with Gasteiger partial charge in [0.15, 0.2) is 0 Å². The van der Waals surface area contributed by atoms with E-state index in [0.717, 1.165) is 11.3 Å². The lowest BCUT2D eigenvalue weighted by atomic mass is 10.1. The van der Waals surface area contributed by atoms with Crippen LogP contribution in [0.5, 0.6) is 5.75 Å². The van der Waals surface area contributed by atoms with Crippen LogP contribution >= 0.6 is 0 Å². The standard InChI is InChI=1S/C18H14N2O2/c1-2-3-4-5-18(21)22-16-9-7-15(8-10-16)17-11-6-14(12-19)13-20-17/h2-11,13H,1H3/b3-2+,5-4+. The zero-order valence-corrected chi connectivity index (χ0v) is 12.1. The first kappa shape index (κ1) is 15.2. The highest BCUT2D eigenvalue weighted by Crippen LogP contribution is 2.21. The van der Waals surface area contributed by atoms with Crippen LogP contribution in [0.1, 0.15) is 12.5 Å². The van der Waals surface area contributed by atoms with Gasteiger partial charge >= 0.3 is 5.97 Å². The number of allylic oxidation sites excluding steroid dienone is 3. The van der Waals surface area contributed by atoms with Crippen molar-refractivity contribution in [3.05, 3.63) is 72.5 Å². The smallest absolute Gasteiger partial charge is 0.336 e. The van der Waals surface area contributed by atoms with Gasteiger partial charge in [-0.3, -0.25) is 4.98 Å². The summed E-state index contributed by atoms with van der Waals surface area (Å²) in [4.78, 5) is 15.7. The van der Waals surface area contributed by atoms with E-state index < -0.39 is 5.97 Å². The largest absolute Gasteiger partial charge is 0.423 e. The van der Waals surface area contributed by atoms with E-state index in [4.69, 9.17) is 10.00 Å². The number of carbonyl (C=O) groups excluding carboxylic acids is 1. The first-order chi connectivity index (χ1) is 10.7. The third-order valence-electron chi connectivity index (χ3n) is 2.80. The van der Waals surface area contributed by atoms with Gasteiger partial charge in [0.2, 0.25) is 0 Å². The lowest BCUT2D eigenvalue weighted by Crippen LogP contribution is -2.03. The molecule has 0 fully saturated rings. The van der Waals surface area contributed by atoms with Gasteiger partial charge in [-0.2, -0.15) is 5.26 Å². The zero-order valence-electron chi connectivity index (χ0n) is 12.1. The molecule has 4 nitrogen and oxygen atoms in total. The van der Waals surface area contributed by atoms with Gasteiger partial charge in [-0.1, -0.05) is 18.2 Å². The van der Waals surface area contributed by atoms with E-state index in [9.17, 15) is 4.79 Å². The quantitative estimate of drug-likeness (QED) is 0.373. The molecule has 1 aromatic carbocycles. The highest BCUT2D eigenvalue weighted by Gasteiger charge is 2.03. The van der Waals surface area contributed by atoms with Gasteiger partial charge in [0.05, 0.1) is 11.3 Å². The van der Waals surface area contributed by atoms with Crippen LogP contribution < -0.4 is 4.74 Å². The first-order valence-corrected chi connectivity index (χ1v) is 6.70. The molecule has 1 heterocycles. The van der Waals surface area contributed by atoms with Gasteiger partial charge in [-0.05, 0) is 43.3 Å². The highest BCUT2D eigenvalue weighted by atomic mass is 16.5. The van der Waals surface area contributed by atoms with Crippen molar-refractivity contribution in [1.29, 1.82) is 5.26 Å². The molecule has 4 heteroatoms. The molecule has 0 amide bonds. The molecule has 22 heavy (non-hydrogen) atoms. The Morgan fingerprint density at radius 1 is 1.18 bits per heavy atom. The van der Waals surface area contributed by atoms with Crippen LogP contribution in [0.15, 0.2) is 66.9 Å². The highest BCUT2D eigenvalue weighted by molar-refractivity contribution is 5.84. The van der Waals surface area contributed by atoms with E-state index in [2.05, 4.69) is 4.98 Å². The molecule has 108 valence electrons. The average molecular weight is 290 g/mol. The Kier molecular flexibility index (Phi) is 5.22. The van der Waals surface area contributed by atoms with Crippen LogP contribution in [0, 0.1) is 11.3 Å². The van der Waals surface area contributed by atoms with Gasteiger partial charge in [0, 0.05) is 17.8 Å². The predicted molar refractivity (Wildman–Crippen MR) is 84.0 cm³/mol. The molecule has 0 aliphatic heterocycles. The molecular weight excluding hydrogens is 276 g/mol. The summed E-state index contributed by atoms with van der Waals surface area (Å²) < 4.78 is 5.17. The lowest BCUT2D eigenvalue weighted by Gasteiger charge is -2.04. The fraction of sp³-hybridized carbons (Fsp3) is 0.0556. The molecule has 2 rings (SSSR count). The van der Waals surface area contributed by atoms with Crippen LogP contribution in [0.4, 0.5) is 0 Å². The van der Waals surface area contributed by atoms with Crippen LogP contribution in [-0.2, 0) is 4.79 Å². The fourth-order valence-electron chi connectivity index (χ4n) is 1.72. The van der Waals surface area contributed by atoms with Crippen molar-refractivity contribution in [2.45, 2.75) is 6.92 Å². The topological polar surface area (TPSA) is 63.0 Å². The second kappa shape index (κ2) is 7.55. The monoisotopic (exact) mass is 290 g/mol. The fourth-order valence-corrected chi connectivity index (χ4v) is 1.72. The summed E-state index contributed by atoms with van der Waals surface area (Å²) in [5.74, 6) is 0.0369. The molecule has 0 N–H and O–H groups in total. The number of benzene rings is 1. The molecule has 0 unspecified atom stereocenters. The Labute approximate surface area is 129 Å². The SMILES string of the molecule is C/C=C/C=C/C(=O)Oc1ccc(-c2ccc(C#N)cn2)cc1. The van der Waals surface area contributed by atoms with Gasteiger partial charge in [0.25, 0.3) is 0 Å². The number of nitrogens with zero attached hydrogens (tertiary/aromatic N) is 2. The molecule has 0 radical (unpaired) electrons. The Bertz CT molecular complexity index is 736. The molecule has 0 atom stereocenters. The summed E-state index contributed by atoms with van der Waals surface area (Å²) in [7, 11) is 0. The molecule has 1 aromatic heterocycles. The van der Waals surface area contributed by atoms with E-state index in [1.807, 2.05) is 31.2 Å². The summed E-state index contributed by atoms with van der Waals surface area (Å²) in [6.45, 7) is 1.87. The van der Waals surface area contributed by atoms with E-state index in [1.54, 1.807) is 36.4 Å². The van der Waals surface area contributed by atoms with Crippen molar-refractivity contribution in [1.82, 2.24) is 4.98 Å². The van der Waals surface area contributed by atoms with Crippen LogP contribution in [0.2, 0.25) is 0 Å². The maximum absolute atomic E-state index is 11.5. The summed E-state index contributed by atoms with van der Waals surface area (Å²) in [6.07, 6.45) is 8.08. The van der Waals surface area contributed by atoms with Crippen molar-refractivity contribution in [3.8, 4) is 23.1 Å². The number of ether oxygens (including phenoxy) is 1. The molecule has 0 spiro atoms. The third kappa shape index (κ3) is 4.15. The number of rotatable bonds is 4. The van der Waals surface area contributed by atoms with Crippen molar-refractivity contribution < 1.29 is 9.53 Å². The minimum atomic E-state index is -0.428. The first-order valence-electron chi connectivity index (χ1n) is 6.70. The second-order valence-electron chi connectivity index (χ2n) is 4.37. The number of hydrogen-bond donors (Lipinski definition) is 0. The Balaban J connectivity index is 2.06. The summed E-state index contributed by atoms with van der Waals surface area (Å²) in [5.41, 5.74) is 2.15. The Hall–Kier alpha value is -3.19. The minimum absolute atomic E-state index is 0.428. The third-order valence-corrected chi connectivity index (χ3v) is 2.80. The number of nitriles is 1. The molecule has 0 saturated carbocycles. The number of carbonyl (C=O) groups is 1. The van der Waals surface area contributed by atoms with Gasteiger partial charge in [-0.15, -0.1) is 0 Å². The predicted octanol–water partition coefficient (Wildman–Crippen LogP) is 3.66. The van der Waals surface area contributed by atoms with Gasteiger partial charge in [-0.25, -0.2) is 4.79 Å².